The van der Waals surface area contributed by atoms with Crippen molar-refractivity contribution in [2.45, 2.75) is 0 Å². The predicted molar refractivity (Wildman–Crippen MR) is 157 cm³/mol. The van der Waals surface area contributed by atoms with E-state index in [2.05, 4.69) is 94.7 Å². The number of hydrogen-bond donors (Lipinski definition) is 0. The lowest BCUT2D eigenvalue weighted by Gasteiger charge is -2.25. The highest BCUT2D eigenvalue weighted by Crippen LogP contribution is 2.45. The van der Waals surface area contributed by atoms with E-state index >= 15 is 0 Å². The molecule has 0 aliphatic carbocycles. The third-order valence-corrected chi connectivity index (χ3v) is 8.92. The van der Waals surface area contributed by atoms with E-state index in [4.69, 9.17) is 9.41 Å². The van der Waals surface area contributed by atoms with Crippen molar-refractivity contribution in [3.8, 4) is 22.3 Å². The highest BCUT2D eigenvalue weighted by atomic mass is 32.1. The van der Waals surface area contributed by atoms with Crippen LogP contribution in [-0.2, 0) is 0 Å². The summed E-state index contributed by atoms with van der Waals surface area (Å²) in [6.45, 7) is 0.537. The second kappa shape index (κ2) is 8.17. The number of rotatable bonds is 3. The molecular formula is C32H20N2OS2. The van der Waals surface area contributed by atoms with Gasteiger partial charge >= 0.3 is 0 Å². The molecule has 0 saturated carbocycles. The Hall–Kier alpha value is -4.19. The fourth-order valence-corrected chi connectivity index (χ4v) is 7.13. The minimum absolute atomic E-state index is 0.537. The van der Waals surface area contributed by atoms with E-state index in [0.717, 1.165) is 27.4 Å². The first-order chi connectivity index (χ1) is 18.3. The van der Waals surface area contributed by atoms with Crippen LogP contribution in [0.5, 0.6) is 0 Å². The van der Waals surface area contributed by atoms with Crippen LogP contribution in [0, 0.1) is 0 Å². The van der Waals surface area contributed by atoms with E-state index in [0.29, 0.717) is 6.67 Å². The molecule has 5 heteroatoms. The van der Waals surface area contributed by atoms with Crippen LogP contribution in [0.25, 0.3) is 59.6 Å². The zero-order valence-corrected chi connectivity index (χ0v) is 21.4. The molecule has 0 amide bonds. The van der Waals surface area contributed by atoms with E-state index in [9.17, 15) is 0 Å². The third-order valence-electron chi connectivity index (χ3n) is 7.15. The quantitative estimate of drug-likeness (QED) is 0.240. The number of benzene rings is 4. The van der Waals surface area contributed by atoms with Gasteiger partial charge in [-0.25, -0.2) is 0 Å². The first kappa shape index (κ1) is 20.9. The van der Waals surface area contributed by atoms with Gasteiger partial charge in [-0.15, -0.1) is 22.7 Å². The maximum absolute atomic E-state index is 6.22. The zero-order chi connectivity index (χ0) is 24.3. The Labute approximate surface area is 220 Å². The summed E-state index contributed by atoms with van der Waals surface area (Å²) < 4.78 is 8.81. The van der Waals surface area contributed by atoms with E-state index in [-0.39, 0.29) is 0 Å². The van der Waals surface area contributed by atoms with Gasteiger partial charge in [0.05, 0.1) is 11.9 Å². The molecule has 0 saturated heterocycles. The zero-order valence-electron chi connectivity index (χ0n) is 19.7. The number of thiophene rings is 2. The molecule has 4 aromatic carbocycles. The van der Waals surface area contributed by atoms with Gasteiger partial charge in [0.25, 0.3) is 0 Å². The Morgan fingerprint density at radius 1 is 0.649 bits per heavy atom. The van der Waals surface area contributed by atoms with Gasteiger partial charge < -0.3 is 9.32 Å². The number of para-hydroxylation sites is 1. The van der Waals surface area contributed by atoms with Gasteiger partial charge in [0.2, 0.25) is 0 Å². The molecule has 4 heterocycles. The molecule has 8 rings (SSSR count). The molecule has 1 aliphatic heterocycles. The first-order valence-corrected chi connectivity index (χ1v) is 14.0. The number of fused-ring (bicyclic) bond motifs is 5. The summed E-state index contributed by atoms with van der Waals surface area (Å²) >= 11 is 3.57. The van der Waals surface area contributed by atoms with E-state index in [1.54, 1.807) is 22.7 Å². The molecule has 0 N–H and O–H groups in total. The van der Waals surface area contributed by atoms with Crippen LogP contribution in [0.1, 0.15) is 0 Å². The molecule has 176 valence electrons. The SMILES string of the molecule is C1=c2oc3ccccc3c2=NCN1c1cccc(-c2cccc3sccc23)c1-c1cccc2sccc12. The van der Waals surface area contributed by atoms with Crippen molar-refractivity contribution in [3.63, 3.8) is 0 Å². The second-order valence-electron chi connectivity index (χ2n) is 9.19. The maximum Gasteiger partial charge on any atom is 0.169 e. The van der Waals surface area contributed by atoms with Crippen molar-refractivity contribution in [2.75, 3.05) is 11.6 Å². The van der Waals surface area contributed by atoms with Crippen molar-refractivity contribution in [2.24, 2.45) is 4.99 Å². The Bertz CT molecular complexity index is 2100. The van der Waals surface area contributed by atoms with Gasteiger partial charge in [-0.1, -0.05) is 48.5 Å². The lowest BCUT2D eigenvalue weighted by Crippen LogP contribution is -2.34. The largest absolute Gasteiger partial charge is 0.453 e. The summed E-state index contributed by atoms with van der Waals surface area (Å²) in [5.74, 6) is 0. The minimum atomic E-state index is 0.537. The number of nitrogens with zero attached hydrogens (tertiary/aromatic N) is 2. The minimum Gasteiger partial charge on any atom is -0.453 e. The van der Waals surface area contributed by atoms with Crippen LogP contribution in [0.2, 0.25) is 0 Å². The van der Waals surface area contributed by atoms with Gasteiger partial charge in [-0.05, 0) is 69.9 Å². The average molecular weight is 513 g/mol. The molecule has 0 spiro atoms. The fourth-order valence-electron chi connectivity index (χ4n) is 5.50. The van der Waals surface area contributed by atoms with Gasteiger partial charge in [-0.2, -0.15) is 0 Å². The van der Waals surface area contributed by atoms with E-state index < -0.39 is 0 Å². The number of anilines is 1. The molecule has 3 nitrogen and oxygen atoms in total. The second-order valence-corrected chi connectivity index (χ2v) is 11.1. The van der Waals surface area contributed by atoms with Gasteiger partial charge in [0, 0.05) is 31.1 Å². The molecule has 7 aromatic rings. The van der Waals surface area contributed by atoms with Gasteiger partial charge in [0.15, 0.2) is 5.42 Å². The molecule has 0 atom stereocenters. The summed E-state index contributed by atoms with van der Waals surface area (Å²) in [5, 5.41) is 8.92. The molecule has 0 radical (unpaired) electrons. The van der Waals surface area contributed by atoms with Crippen molar-refractivity contribution in [1.82, 2.24) is 0 Å². The van der Waals surface area contributed by atoms with Crippen molar-refractivity contribution in [3.05, 3.63) is 113 Å². The average Bonchev–Trinajstić information content (AvgIpc) is 3.70. The molecule has 1 aliphatic rings. The topological polar surface area (TPSA) is 28.7 Å². The molecule has 0 fully saturated rings. The fraction of sp³-hybridized carbons (Fsp3) is 0.0312. The van der Waals surface area contributed by atoms with Crippen LogP contribution >= 0.6 is 22.7 Å². The Morgan fingerprint density at radius 2 is 1.35 bits per heavy atom. The van der Waals surface area contributed by atoms with Gasteiger partial charge in [0.1, 0.15) is 17.6 Å². The Kier molecular flexibility index (Phi) is 4.62. The van der Waals surface area contributed by atoms with Crippen molar-refractivity contribution >= 4 is 65.7 Å². The van der Waals surface area contributed by atoms with Gasteiger partial charge in [-0.3, -0.25) is 4.99 Å². The lowest BCUT2D eigenvalue weighted by atomic mass is 9.90. The van der Waals surface area contributed by atoms with Crippen molar-refractivity contribution in [1.29, 1.82) is 0 Å². The van der Waals surface area contributed by atoms with Crippen LogP contribution in [0.3, 0.4) is 0 Å². The Morgan fingerprint density at radius 3 is 2.19 bits per heavy atom. The number of furan rings is 1. The molecule has 37 heavy (non-hydrogen) atoms. The lowest BCUT2D eigenvalue weighted by molar-refractivity contribution is 0.566. The first-order valence-electron chi connectivity index (χ1n) is 12.2. The smallest absolute Gasteiger partial charge is 0.169 e. The summed E-state index contributed by atoms with van der Waals surface area (Å²) in [5.41, 5.74) is 7.73. The summed E-state index contributed by atoms with van der Waals surface area (Å²) in [6.07, 6.45) is 2.11. The number of hydrogen-bond acceptors (Lipinski definition) is 5. The normalized spacial score (nSPS) is 13.1. The summed E-state index contributed by atoms with van der Waals surface area (Å²) in [7, 11) is 0. The van der Waals surface area contributed by atoms with Crippen LogP contribution in [0.15, 0.2) is 111 Å². The Balaban J connectivity index is 1.43. The predicted octanol–water partition coefficient (Wildman–Crippen LogP) is 8.03. The summed E-state index contributed by atoms with van der Waals surface area (Å²) in [4.78, 5) is 7.20. The van der Waals surface area contributed by atoms with Crippen LogP contribution < -0.4 is 15.7 Å². The van der Waals surface area contributed by atoms with Crippen molar-refractivity contribution < 1.29 is 4.42 Å². The van der Waals surface area contributed by atoms with Crippen LogP contribution in [-0.4, -0.2) is 6.67 Å². The van der Waals surface area contributed by atoms with E-state index in [1.165, 1.54) is 42.4 Å². The molecule has 0 bridgehead atoms. The molecular weight excluding hydrogens is 492 g/mol. The summed E-state index contributed by atoms with van der Waals surface area (Å²) in [6, 6.07) is 32.5. The molecule has 0 unspecified atom stereocenters. The van der Waals surface area contributed by atoms with Crippen LogP contribution in [0.4, 0.5) is 5.69 Å². The van der Waals surface area contributed by atoms with E-state index in [1.807, 2.05) is 18.2 Å². The standard InChI is InChI=1S/C32H20N2OS2/c1-2-11-27-25(6-1)32-28(35-27)18-34(19-33-32)26-10-3-8-23(20-7-4-12-29-21(20)14-16-36-29)31(26)24-9-5-13-30-22(24)15-17-37-30/h1-18H,19H2. The highest BCUT2D eigenvalue weighted by Gasteiger charge is 2.21. The maximum atomic E-state index is 6.22. The highest BCUT2D eigenvalue weighted by molar-refractivity contribution is 7.17. The monoisotopic (exact) mass is 512 g/mol. The molecule has 3 aromatic heterocycles. The third kappa shape index (κ3) is 3.21.